The van der Waals surface area contributed by atoms with Crippen LogP contribution in [0.5, 0.6) is 0 Å². The Morgan fingerprint density at radius 1 is 1.00 bits per heavy atom. The summed E-state index contributed by atoms with van der Waals surface area (Å²) in [5.41, 5.74) is -1.31. The smallest absolute Gasteiger partial charge is 0.386 e. The monoisotopic (exact) mass is 258 g/mol. The molecule has 0 amide bonds. The van der Waals surface area contributed by atoms with Crippen LogP contribution in [0.2, 0.25) is 0 Å². The quantitative estimate of drug-likeness (QED) is 0.824. The van der Waals surface area contributed by atoms with Crippen molar-refractivity contribution < 1.29 is 31.4 Å². The van der Waals surface area contributed by atoms with Crippen molar-refractivity contribution in [1.82, 2.24) is 0 Å². The number of halogens is 6. The molecule has 0 heterocycles. The predicted octanol–water partition coefficient (Wildman–Crippen LogP) is 3.34. The van der Waals surface area contributed by atoms with Gasteiger partial charge in [-0.05, 0) is 5.56 Å². The second-order valence-corrected chi connectivity index (χ2v) is 3.36. The lowest BCUT2D eigenvalue weighted by atomic mass is 10.0. The molecule has 1 aromatic carbocycles. The number of rotatable bonds is 3. The minimum absolute atomic E-state index is 0.0609. The first kappa shape index (κ1) is 13.8. The highest BCUT2D eigenvalue weighted by Crippen LogP contribution is 2.43. The molecule has 1 nitrogen and oxygen atoms in total. The lowest BCUT2D eigenvalue weighted by Gasteiger charge is -2.20. The van der Waals surface area contributed by atoms with Gasteiger partial charge in [-0.3, -0.25) is 0 Å². The Hall–Kier alpha value is -1.24. The third kappa shape index (κ3) is 2.71. The highest BCUT2D eigenvalue weighted by Gasteiger charge is 2.58. The van der Waals surface area contributed by atoms with E-state index in [2.05, 4.69) is 0 Å². The fourth-order valence-electron chi connectivity index (χ4n) is 1.17. The Kier molecular flexibility index (Phi) is 3.71. The molecule has 1 atom stereocenters. The maximum absolute atomic E-state index is 12.8. The Balaban J connectivity index is 3.03. The second kappa shape index (κ2) is 4.56. The first-order valence-electron chi connectivity index (χ1n) is 4.49. The first-order chi connectivity index (χ1) is 7.70. The van der Waals surface area contributed by atoms with Crippen LogP contribution < -0.4 is 0 Å². The summed E-state index contributed by atoms with van der Waals surface area (Å²) in [5.74, 6) is -4.97. The van der Waals surface area contributed by atoms with Gasteiger partial charge >= 0.3 is 12.1 Å². The molecular weight excluding hydrogens is 250 g/mol. The van der Waals surface area contributed by atoms with Crippen molar-refractivity contribution in [2.75, 3.05) is 6.67 Å². The number of aliphatic hydroxyl groups is 1. The Morgan fingerprint density at radius 3 is 1.82 bits per heavy atom. The van der Waals surface area contributed by atoms with Gasteiger partial charge in [0.25, 0.3) is 0 Å². The van der Waals surface area contributed by atoms with Gasteiger partial charge in [-0.2, -0.15) is 22.0 Å². The van der Waals surface area contributed by atoms with Gasteiger partial charge in [-0.15, -0.1) is 0 Å². The summed E-state index contributed by atoms with van der Waals surface area (Å²) in [5, 5.41) is 9.00. The minimum Gasteiger partial charge on any atom is -0.386 e. The molecule has 0 spiro atoms. The van der Waals surface area contributed by atoms with Gasteiger partial charge in [-0.25, -0.2) is 4.39 Å². The Bertz CT molecular complexity index is 369. The molecule has 1 aromatic rings. The van der Waals surface area contributed by atoms with E-state index in [1.165, 1.54) is 0 Å². The first-order valence-corrected chi connectivity index (χ1v) is 4.49. The number of alkyl halides is 6. The third-order valence-electron chi connectivity index (χ3n) is 2.16. The van der Waals surface area contributed by atoms with Crippen LogP contribution >= 0.6 is 0 Å². The lowest BCUT2D eigenvalue weighted by Crippen LogP contribution is -2.33. The van der Waals surface area contributed by atoms with Crippen LogP contribution in [0.25, 0.3) is 0 Å². The van der Waals surface area contributed by atoms with Crippen LogP contribution in [0.4, 0.5) is 26.3 Å². The Morgan fingerprint density at radius 2 is 1.47 bits per heavy atom. The summed E-state index contributed by atoms with van der Waals surface area (Å²) >= 11 is 0. The summed E-state index contributed by atoms with van der Waals surface area (Å²) in [6.07, 6.45) is -7.21. The minimum atomic E-state index is -5.69. The van der Waals surface area contributed by atoms with Crippen LogP contribution in [-0.2, 0) is 5.92 Å². The summed E-state index contributed by atoms with van der Waals surface area (Å²) in [7, 11) is 0. The number of aliphatic hydroxyl groups excluding tert-OH is 1. The fourth-order valence-corrected chi connectivity index (χ4v) is 1.17. The molecule has 1 rings (SSSR count). The highest BCUT2D eigenvalue weighted by molar-refractivity contribution is 5.28. The molecule has 0 radical (unpaired) electrons. The molecule has 0 aliphatic rings. The molecule has 7 heteroatoms. The lowest BCUT2D eigenvalue weighted by molar-refractivity contribution is -0.289. The summed E-state index contributed by atoms with van der Waals surface area (Å²) in [6.45, 7) is -1.14. The van der Waals surface area contributed by atoms with Crippen molar-refractivity contribution >= 4 is 0 Å². The molecule has 96 valence electrons. The third-order valence-corrected chi connectivity index (χ3v) is 2.16. The van der Waals surface area contributed by atoms with E-state index >= 15 is 0 Å². The molecule has 0 aliphatic carbocycles. The zero-order valence-electron chi connectivity index (χ0n) is 8.31. The van der Waals surface area contributed by atoms with E-state index in [9.17, 15) is 26.3 Å². The second-order valence-electron chi connectivity index (χ2n) is 3.36. The van der Waals surface area contributed by atoms with Crippen molar-refractivity contribution in [2.24, 2.45) is 0 Å². The van der Waals surface area contributed by atoms with Crippen LogP contribution in [0.15, 0.2) is 24.3 Å². The van der Waals surface area contributed by atoms with E-state index < -0.39 is 30.4 Å². The molecule has 0 fully saturated rings. The van der Waals surface area contributed by atoms with Gasteiger partial charge in [0.05, 0.1) is 0 Å². The normalized spacial score (nSPS) is 14.8. The van der Waals surface area contributed by atoms with Crippen molar-refractivity contribution in [1.29, 1.82) is 0 Å². The van der Waals surface area contributed by atoms with E-state index in [1.54, 1.807) is 0 Å². The maximum atomic E-state index is 12.8. The highest BCUT2D eigenvalue weighted by atomic mass is 19.4. The zero-order chi connectivity index (χ0) is 13.3. The largest absolute Gasteiger partial charge is 0.458 e. The molecule has 1 unspecified atom stereocenters. The molecule has 0 saturated carbocycles. The molecule has 0 aliphatic heterocycles. The standard InChI is InChI=1S/C10H8F6O/c11-5-8(17)6-1-3-7(4-2-6)9(12,13)10(14,15)16/h1-4,8,17H,5H2. The molecule has 0 saturated heterocycles. The average molecular weight is 258 g/mol. The van der Waals surface area contributed by atoms with Crippen LogP contribution in [-0.4, -0.2) is 18.0 Å². The van der Waals surface area contributed by atoms with Crippen LogP contribution in [0, 0.1) is 0 Å². The van der Waals surface area contributed by atoms with Gasteiger partial charge < -0.3 is 5.11 Å². The summed E-state index contributed by atoms with van der Waals surface area (Å²) in [4.78, 5) is 0. The van der Waals surface area contributed by atoms with Crippen LogP contribution in [0.1, 0.15) is 17.2 Å². The zero-order valence-corrected chi connectivity index (χ0v) is 8.31. The molecule has 17 heavy (non-hydrogen) atoms. The van der Waals surface area contributed by atoms with Crippen LogP contribution in [0.3, 0.4) is 0 Å². The van der Waals surface area contributed by atoms with E-state index in [-0.39, 0.29) is 5.56 Å². The molecule has 0 bridgehead atoms. The van der Waals surface area contributed by atoms with E-state index in [0.29, 0.717) is 12.1 Å². The van der Waals surface area contributed by atoms with Gasteiger partial charge in [0.15, 0.2) is 0 Å². The van der Waals surface area contributed by atoms with E-state index in [0.717, 1.165) is 12.1 Å². The predicted molar refractivity (Wildman–Crippen MR) is 47.3 cm³/mol. The van der Waals surface area contributed by atoms with Crippen molar-refractivity contribution in [2.45, 2.75) is 18.2 Å². The fraction of sp³-hybridized carbons (Fsp3) is 0.400. The molecular formula is C10H8F6O. The van der Waals surface area contributed by atoms with Gasteiger partial charge in [0, 0.05) is 5.56 Å². The van der Waals surface area contributed by atoms with E-state index in [1.807, 2.05) is 0 Å². The van der Waals surface area contributed by atoms with E-state index in [4.69, 9.17) is 5.11 Å². The summed E-state index contributed by atoms with van der Waals surface area (Å²) < 4.78 is 73.6. The van der Waals surface area contributed by atoms with Gasteiger partial charge in [0.2, 0.25) is 0 Å². The SMILES string of the molecule is OC(CF)c1ccc(C(F)(F)C(F)(F)F)cc1. The number of hydrogen-bond acceptors (Lipinski definition) is 1. The Labute approximate surface area is 92.7 Å². The van der Waals surface area contributed by atoms with Gasteiger partial charge in [-0.1, -0.05) is 24.3 Å². The van der Waals surface area contributed by atoms with Gasteiger partial charge in [0.1, 0.15) is 12.8 Å². The molecule has 0 aromatic heterocycles. The van der Waals surface area contributed by atoms with Crippen molar-refractivity contribution in [3.8, 4) is 0 Å². The average Bonchev–Trinajstić information content (AvgIpc) is 2.26. The van der Waals surface area contributed by atoms with Crippen molar-refractivity contribution in [3.63, 3.8) is 0 Å². The summed E-state index contributed by atoms with van der Waals surface area (Å²) in [6, 6.07) is 2.70. The van der Waals surface area contributed by atoms with Crippen molar-refractivity contribution in [3.05, 3.63) is 35.4 Å². The maximum Gasteiger partial charge on any atom is 0.458 e. The number of benzene rings is 1. The topological polar surface area (TPSA) is 20.2 Å². The number of hydrogen-bond donors (Lipinski definition) is 1. The molecule has 1 N–H and O–H groups in total.